The molecule has 1 saturated carbocycles. The molecule has 1 aliphatic carbocycles. The Kier molecular flexibility index (Phi) is 9.42. The molecule has 0 bridgehead atoms. The number of amides is 1. The van der Waals surface area contributed by atoms with Gasteiger partial charge in [0.2, 0.25) is 15.9 Å². The van der Waals surface area contributed by atoms with Gasteiger partial charge in [0.15, 0.2) is 0 Å². The lowest BCUT2D eigenvalue weighted by Gasteiger charge is -2.24. The Morgan fingerprint density at radius 3 is 2.55 bits per heavy atom. The van der Waals surface area contributed by atoms with Crippen molar-refractivity contribution in [3.05, 3.63) is 18.2 Å². The maximum atomic E-state index is 12.4. The second kappa shape index (κ2) is 11.5. The Labute approximate surface area is 178 Å². The van der Waals surface area contributed by atoms with E-state index in [4.69, 9.17) is 9.47 Å². The summed E-state index contributed by atoms with van der Waals surface area (Å²) < 4.78 is 36.2. The zero-order chi connectivity index (χ0) is 21.3. The van der Waals surface area contributed by atoms with E-state index in [1.807, 2.05) is 11.8 Å². The molecule has 0 aliphatic heterocycles. The smallest absolute Gasteiger partial charge is 0.240 e. The molecule has 0 heterocycles. The average molecular weight is 445 g/mol. The van der Waals surface area contributed by atoms with Crippen LogP contribution in [0.5, 0.6) is 11.5 Å². The van der Waals surface area contributed by atoms with Crippen molar-refractivity contribution in [3.63, 3.8) is 0 Å². The maximum absolute atomic E-state index is 12.4. The highest BCUT2D eigenvalue weighted by Crippen LogP contribution is 2.33. The first-order valence-corrected chi connectivity index (χ1v) is 12.8. The van der Waals surface area contributed by atoms with Gasteiger partial charge in [0.25, 0.3) is 0 Å². The van der Waals surface area contributed by atoms with Gasteiger partial charge in [0.1, 0.15) is 18.0 Å². The maximum Gasteiger partial charge on any atom is 0.240 e. The number of rotatable bonds is 11. The van der Waals surface area contributed by atoms with Crippen molar-refractivity contribution in [2.75, 3.05) is 43.6 Å². The first-order chi connectivity index (χ1) is 13.8. The number of nitrogens with zero attached hydrogens (tertiary/aromatic N) is 1. The van der Waals surface area contributed by atoms with E-state index in [2.05, 4.69) is 5.32 Å². The molecule has 7 nitrogen and oxygen atoms in total. The third-order valence-corrected chi connectivity index (χ3v) is 7.48. The molecule has 0 spiro atoms. The normalized spacial score (nSPS) is 15.0. The fourth-order valence-electron chi connectivity index (χ4n) is 3.34. The van der Waals surface area contributed by atoms with Gasteiger partial charge < -0.3 is 14.8 Å². The molecule has 29 heavy (non-hydrogen) atoms. The zero-order valence-corrected chi connectivity index (χ0v) is 19.1. The van der Waals surface area contributed by atoms with Crippen molar-refractivity contribution in [2.24, 2.45) is 0 Å². The lowest BCUT2D eigenvalue weighted by Crippen LogP contribution is -2.40. The molecule has 0 atom stereocenters. The molecule has 1 N–H and O–H groups in total. The fourth-order valence-corrected chi connectivity index (χ4v) is 5.50. The third kappa shape index (κ3) is 7.62. The van der Waals surface area contributed by atoms with Crippen molar-refractivity contribution >= 4 is 33.4 Å². The quantitative estimate of drug-likeness (QED) is 0.528. The van der Waals surface area contributed by atoms with Crippen LogP contribution in [0.3, 0.4) is 0 Å². The number of methoxy groups -OCH3 is 2. The van der Waals surface area contributed by atoms with Gasteiger partial charge in [0, 0.05) is 17.9 Å². The van der Waals surface area contributed by atoms with Crippen LogP contribution in [-0.4, -0.2) is 58.9 Å². The summed E-state index contributed by atoms with van der Waals surface area (Å²) in [5, 5.41) is 3.58. The van der Waals surface area contributed by atoms with Crippen molar-refractivity contribution in [1.82, 2.24) is 5.32 Å². The number of ether oxygens (including phenoxy) is 2. The molecule has 1 amide bonds. The van der Waals surface area contributed by atoms with Gasteiger partial charge in [-0.15, -0.1) is 0 Å². The van der Waals surface area contributed by atoms with E-state index in [9.17, 15) is 13.2 Å². The molecule has 0 aromatic heterocycles. The first-order valence-electron chi connectivity index (χ1n) is 9.93. The van der Waals surface area contributed by atoms with Crippen LogP contribution in [0.25, 0.3) is 0 Å². The number of sulfonamides is 1. The number of nitrogens with one attached hydrogen (secondary N) is 1. The number of thioether (sulfide) groups is 1. The van der Waals surface area contributed by atoms with Crippen LogP contribution in [0.15, 0.2) is 18.2 Å². The summed E-state index contributed by atoms with van der Waals surface area (Å²) in [6.45, 7) is 0.226. The Bertz CT molecular complexity index is 764. The molecule has 0 saturated heterocycles. The second-order valence-corrected chi connectivity index (χ2v) is 10.5. The Morgan fingerprint density at radius 2 is 1.93 bits per heavy atom. The van der Waals surface area contributed by atoms with Gasteiger partial charge in [-0.05, 0) is 37.1 Å². The van der Waals surface area contributed by atoms with E-state index in [0.29, 0.717) is 18.0 Å². The third-order valence-electron chi connectivity index (χ3n) is 4.89. The highest BCUT2D eigenvalue weighted by Gasteiger charge is 2.24. The van der Waals surface area contributed by atoms with E-state index < -0.39 is 10.0 Å². The van der Waals surface area contributed by atoms with Crippen LogP contribution in [0.2, 0.25) is 0 Å². The lowest BCUT2D eigenvalue weighted by molar-refractivity contribution is -0.119. The number of carbonyl (C=O) groups excluding carboxylic acids is 1. The number of hydrogen-bond acceptors (Lipinski definition) is 6. The molecule has 0 radical (unpaired) electrons. The molecular formula is C20H32N2O5S2. The molecule has 9 heteroatoms. The summed E-state index contributed by atoms with van der Waals surface area (Å²) in [5.41, 5.74) is 0.275. The highest BCUT2D eigenvalue weighted by atomic mass is 32.2. The monoisotopic (exact) mass is 444 g/mol. The fraction of sp³-hybridized carbons (Fsp3) is 0.650. The van der Waals surface area contributed by atoms with Crippen LogP contribution in [0, 0.1) is 0 Å². The minimum Gasteiger partial charge on any atom is -0.497 e. The largest absolute Gasteiger partial charge is 0.497 e. The van der Waals surface area contributed by atoms with Crippen molar-refractivity contribution in [3.8, 4) is 11.5 Å². The van der Waals surface area contributed by atoms with Crippen LogP contribution in [-0.2, 0) is 14.8 Å². The van der Waals surface area contributed by atoms with Gasteiger partial charge in [-0.3, -0.25) is 9.10 Å². The Morgan fingerprint density at radius 1 is 1.21 bits per heavy atom. The predicted molar refractivity (Wildman–Crippen MR) is 119 cm³/mol. The summed E-state index contributed by atoms with van der Waals surface area (Å²) in [7, 11) is -0.739. The molecule has 2 rings (SSSR count). The highest BCUT2D eigenvalue weighted by molar-refractivity contribution is 7.99. The SMILES string of the molecule is COc1ccc(OC)c(N(CC(=O)NCCCSC2CCCCC2)S(C)(=O)=O)c1. The molecular weight excluding hydrogens is 412 g/mol. The molecule has 1 fully saturated rings. The second-order valence-electron chi connectivity index (χ2n) is 7.14. The van der Waals surface area contributed by atoms with Gasteiger partial charge in [-0.25, -0.2) is 8.42 Å². The van der Waals surface area contributed by atoms with Crippen LogP contribution < -0.4 is 19.1 Å². The van der Waals surface area contributed by atoms with Crippen LogP contribution in [0.4, 0.5) is 5.69 Å². The minimum absolute atomic E-state index is 0.275. The number of hydrogen-bond donors (Lipinski definition) is 1. The number of carbonyl (C=O) groups is 1. The van der Waals surface area contributed by atoms with Gasteiger partial charge in [0.05, 0.1) is 26.2 Å². The number of benzene rings is 1. The summed E-state index contributed by atoms with van der Waals surface area (Å²) in [6.07, 6.45) is 8.52. The van der Waals surface area contributed by atoms with Crippen molar-refractivity contribution < 1.29 is 22.7 Å². The minimum atomic E-state index is -3.69. The molecule has 0 unspecified atom stereocenters. The first kappa shape index (κ1) is 23.7. The van der Waals surface area contributed by atoms with E-state index in [0.717, 1.165) is 28.0 Å². The Balaban J connectivity index is 1.90. The average Bonchev–Trinajstić information content (AvgIpc) is 2.71. The summed E-state index contributed by atoms with van der Waals surface area (Å²) in [6, 6.07) is 4.84. The standard InChI is InChI=1S/C20H32N2O5S2/c1-26-16-10-11-19(27-2)18(14-16)22(29(3,24)25)15-20(23)21-12-7-13-28-17-8-5-4-6-9-17/h10-11,14,17H,4-9,12-13,15H2,1-3H3,(H,21,23). The summed E-state index contributed by atoms with van der Waals surface area (Å²) in [4.78, 5) is 12.4. The van der Waals surface area contributed by atoms with E-state index >= 15 is 0 Å². The van der Waals surface area contributed by atoms with E-state index in [1.54, 1.807) is 18.2 Å². The topological polar surface area (TPSA) is 84.9 Å². The Hall–Kier alpha value is -1.61. The molecule has 164 valence electrons. The van der Waals surface area contributed by atoms with Crippen LogP contribution >= 0.6 is 11.8 Å². The van der Waals surface area contributed by atoms with Crippen LogP contribution in [0.1, 0.15) is 38.5 Å². The summed E-state index contributed by atoms with van der Waals surface area (Å²) in [5.74, 6) is 1.50. The molecule has 1 aromatic rings. The predicted octanol–water partition coefficient (Wildman–Crippen LogP) is 3.04. The molecule has 1 aliphatic rings. The zero-order valence-electron chi connectivity index (χ0n) is 17.5. The molecule has 1 aromatic carbocycles. The van der Waals surface area contributed by atoms with E-state index in [-0.39, 0.29) is 18.1 Å². The number of anilines is 1. The van der Waals surface area contributed by atoms with Gasteiger partial charge in [-0.2, -0.15) is 11.8 Å². The van der Waals surface area contributed by atoms with Gasteiger partial charge in [-0.1, -0.05) is 19.3 Å². The van der Waals surface area contributed by atoms with Crippen molar-refractivity contribution in [1.29, 1.82) is 0 Å². The van der Waals surface area contributed by atoms with Crippen molar-refractivity contribution in [2.45, 2.75) is 43.8 Å². The van der Waals surface area contributed by atoms with Gasteiger partial charge >= 0.3 is 0 Å². The van der Waals surface area contributed by atoms with E-state index in [1.165, 1.54) is 46.3 Å². The lowest BCUT2D eigenvalue weighted by atomic mass is 10.0. The summed E-state index contributed by atoms with van der Waals surface area (Å²) >= 11 is 1.99.